The van der Waals surface area contributed by atoms with Crippen LogP contribution in [0.5, 0.6) is 0 Å². The fourth-order valence-corrected chi connectivity index (χ4v) is 0.335. The van der Waals surface area contributed by atoms with Gasteiger partial charge >= 0.3 is 29.6 Å². The van der Waals surface area contributed by atoms with Crippen molar-refractivity contribution >= 4 is 10.1 Å². The van der Waals surface area contributed by atoms with Gasteiger partial charge in [0.2, 0.25) is 0 Å². The molecule has 0 aromatic carbocycles. The maximum absolute atomic E-state index is 9.52. The van der Waals surface area contributed by atoms with Crippen LogP contribution in [-0.4, -0.2) is 53.4 Å². The molecular weight excluding hydrogens is 211 g/mol. The average Bonchev–Trinajstić information content (AvgIpc) is 1.86. The van der Waals surface area contributed by atoms with E-state index >= 15 is 0 Å². The van der Waals surface area contributed by atoms with Crippen molar-refractivity contribution in [1.82, 2.24) is 0 Å². The van der Waals surface area contributed by atoms with Gasteiger partial charge in [0.05, 0.1) is 35.2 Å². The quantitative estimate of drug-likeness (QED) is 0.326. The fraction of sp³-hybridized carbons (Fsp3) is 1.00. The maximum atomic E-state index is 9.52. The summed E-state index contributed by atoms with van der Waals surface area (Å²) in [7, 11) is -4.17. The summed E-state index contributed by atoms with van der Waals surface area (Å²) < 4.78 is 28.5. The minimum absolute atomic E-state index is 0. The molecular formula is C5H13NaO6S. The zero-order valence-corrected chi connectivity index (χ0v) is 10.5. The summed E-state index contributed by atoms with van der Waals surface area (Å²) in [6, 6.07) is 0. The molecule has 0 heterocycles. The van der Waals surface area contributed by atoms with Gasteiger partial charge < -0.3 is 19.9 Å². The van der Waals surface area contributed by atoms with Crippen LogP contribution in [-0.2, 0) is 10.1 Å². The second-order valence-electron chi connectivity index (χ2n) is 2.02. The van der Waals surface area contributed by atoms with Crippen molar-refractivity contribution in [1.29, 1.82) is 0 Å². The van der Waals surface area contributed by atoms with Crippen LogP contribution in [0.2, 0.25) is 0 Å². The Morgan fingerprint density at radius 1 is 1.38 bits per heavy atom. The topological polar surface area (TPSA) is 118 Å². The molecule has 0 bridgehead atoms. The summed E-state index contributed by atoms with van der Waals surface area (Å²) in [5.74, 6) is -0.688. The third-order valence-electron chi connectivity index (χ3n) is 0.606. The summed E-state index contributed by atoms with van der Waals surface area (Å²) in [6.07, 6.45) is -0.560. The molecule has 0 saturated heterocycles. The molecule has 0 saturated carbocycles. The molecule has 0 radical (unpaired) electrons. The Morgan fingerprint density at radius 2 is 1.69 bits per heavy atom. The monoisotopic (exact) mass is 224 g/mol. The smallest absolute Gasteiger partial charge is 0.748 e. The number of hydrogen-bond acceptors (Lipinski definition) is 6. The van der Waals surface area contributed by atoms with Gasteiger partial charge in [-0.2, -0.15) is 0 Å². The molecule has 1 atom stereocenters. The minimum atomic E-state index is -4.17. The predicted molar refractivity (Wildman–Crippen MR) is 40.4 cm³/mol. The van der Waals surface area contributed by atoms with Crippen molar-refractivity contribution in [3.05, 3.63) is 0 Å². The van der Waals surface area contributed by atoms with Crippen LogP contribution in [0.15, 0.2) is 0 Å². The second-order valence-corrected chi connectivity index (χ2v) is 3.54. The fourth-order valence-electron chi connectivity index (χ4n) is 0.112. The molecule has 0 rings (SSSR count). The Hall–Kier alpha value is 0.790. The Labute approximate surface area is 99.6 Å². The Morgan fingerprint density at radius 3 is 1.69 bits per heavy atom. The van der Waals surface area contributed by atoms with E-state index in [0.717, 1.165) is 0 Å². The Bertz CT molecular complexity index is 177. The minimum Gasteiger partial charge on any atom is -0.748 e. The zero-order valence-electron chi connectivity index (χ0n) is 7.67. The average molecular weight is 224 g/mol. The van der Waals surface area contributed by atoms with Crippen molar-refractivity contribution in [3.8, 4) is 0 Å². The molecule has 0 aromatic rings. The molecule has 8 heteroatoms. The number of aliphatic hydroxyl groups is 3. The van der Waals surface area contributed by atoms with E-state index in [-0.39, 0.29) is 36.2 Å². The molecule has 13 heavy (non-hydrogen) atoms. The SMILES string of the molecule is CC(O)CO.O=S(=O)([O-])CCO.[Na+]. The van der Waals surface area contributed by atoms with E-state index < -0.39 is 28.6 Å². The predicted octanol–water partition coefficient (Wildman–Crippen LogP) is -5.11. The van der Waals surface area contributed by atoms with Gasteiger partial charge in [-0.05, 0) is 6.92 Å². The summed E-state index contributed by atoms with van der Waals surface area (Å²) in [5.41, 5.74) is 0. The van der Waals surface area contributed by atoms with Crippen molar-refractivity contribution < 1.29 is 57.8 Å². The van der Waals surface area contributed by atoms with Gasteiger partial charge in [0.1, 0.15) is 0 Å². The van der Waals surface area contributed by atoms with Gasteiger partial charge in [0, 0.05) is 0 Å². The van der Waals surface area contributed by atoms with Crippen LogP contribution in [0.1, 0.15) is 6.92 Å². The van der Waals surface area contributed by atoms with E-state index in [2.05, 4.69) is 0 Å². The first kappa shape index (κ1) is 19.4. The summed E-state index contributed by atoms with van der Waals surface area (Å²) in [5, 5.41) is 23.8. The van der Waals surface area contributed by atoms with Crippen molar-refractivity contribution in [2.75, 3.05) is 19.0 Å². The molecule has 76 valence electrons. The maximum Gasteiger partial charge on any atom is 1.00 e. The molecule has 0 amide bonds. The molecule has 3 N–H and O–H groups in total. The molecule has 0 spiro atoms. The van der Waals surface area contributed by atoms with Gasteiger partial charge in [-0.25, -0.2) is 8.42 Å². The van der Waals surface area contributed by atoms with Crippen molar-refractivity contribution in [2.45, 2.75) is 13.0 Å². The van der Waals surface area contributed by atoms with Gasteiger partial charge in [-0.3, -0.25) is 0 Å². The summed E-state index contributed by atoms with van der Waals surface area (Å²) in [4.78, 5) is 0. The van der Waals surface area contributed by atoms with E-state index in [1.54, 1.807) is 0 Å². The molecule has 0 aliphatic carbocycles. The van der Waals surface area contributed by atoms with Crippen LogP contribution in [0.3, 0.4) is 0 Å². The summed E-state index contributed by atoms with van der Waals surface area (Å²) in [6.45, 7) is 0.797. The first-order valence-electron chi connectivity index (χ1n) is 3.16. The van der Waals surface area contributed by atoms with Crippen molar-refractivity contribution in [2.24, 2.45) is 0 Å². The van der Waals surface area contributed by atoms with Gasteiger partial charge in [0.15, 0.2) is 0 Å². The number of hydrogen-bond donors (Lipinski definition) is 3. The number of aliphatic hydroxyl groups excluding tert-OH is 3. The molecule has 0 fully saturated rings. The molecule has 0 aromatic heterocycles. The molecule has 1 unspecified atom stereocenters. The first-order chi connectivity index (χ1) is 5.33. The summed E-state index contributed by atoms with van der Waals surface area (Å²) >= 11 is 0. The second kappa shape index (κ2) is 10.9. The van der Waals surface area contributed by atoms with Crippen LogP contribution < -0.4 is 29.6 Å². The molecule has 0 aliphatic heterocycles. The van der Waals surface area contributed by atoms with Crippen LogP contribution in [0.25, 0.3) is 0 Å². The first-order valence-corrected chi connectivity index (χ1v) is 4.74. The third kappa shape index (κ3) is 32.3. The Balaban J connectivity index is -0.000000150. The molecule has 6 nitrogen and oxygen atoms in total. The van der Waals surface area contributed by atoms with Crippen LogP contribution >= 0.6 is 0 Å². The van der Waals surface area contributed by atoms with Gasteiger partial charge in [-0.1, -0.05) is 0 Å². The van der Waals surface area contributed by atoms with Gasteiger partial charge in [0.25, 0.3) is 0 Å². The van der Waals surface area contributed by atoms with Crippen LogP contribution in [0.4, 0.5) is 0 Å². The van der Waals surface area contributed by atoms with E-state index in [9.17, 15) is 13.0 Å². The Kier molecular flexibility index (Phi) is 16.2. The van der Waals surface area contributed by atoms with E-state index in [0.29, 0.717) is 0 Å². The third-order valence-corrected chi connectivity index (χ3v) is 1.29. The van der Waals surface area contributed by atoms with Gasteiger partial charge in [-0.15, -0.1) is 0 Å². The normalized spacial score (nSPS) is 12.1. The van der Waals surface area contributed by atoms with E-state index in [4.69, 9.17) is 15.3 Å². The number of rotatable bonds is 3. The standard InChI is InChI=1S/C3H8O2.C2H6O4S.Na/c1-3(5)2-4;3-1-2-7(4,5)6;/h3-5H,2H2,1H3;3H,1-2H2,(H,4,5,6);/q;;+1/p-1. The zero-order chi connectivity index (χ0) is 10.2. The van der Waals surface area contributed by atoms with E-state index in [1.165, 1.54) is 6.92 Å². The van der Waals surface area contributed by atoms with Crippen LogP contribution in [0, 0.1) is 0 Å². The molecule has 0 aliphatic rings. The largest absolute Gasteiger partial charge is 1.00 e. The van der Waals surface area contributed by atoms with E-state index in [1.807, 2.05) is 0 Å². The van der Waals surface area contributed by atoms with Crippen molar-refractivity contribution in [3.63, 3.8) is 0 Å².